The number of esters is 1. The number of hydrogen-bond acceptors (Lipinski definition) is 5. The molecule has 0 saturated carbocycles. The summed E-state index contributed by atoms with van der Waals surface area (Å²) in [6, 6.07) is -0.710. The maximum atomic E-state index is 13.2. The average molecular weight is 856 g/mol. The van der Waals surface area contributed by atoms with Gasteiger partial charge >= 0.3 is 5.97 Å². The lowest BCUT2D eigenvalue weighted by molar-refractivity contribution is -0.151. The van der Waals surface area contributed by atoms with Crippen LogP contribution in [-0.4, -0.2) is 46.9 Å². The van der Waals surface area contributed by atoms with Crippen LogP contribution < -0.4 is 5.32 Å². The molecule has 0 spiro atoms. The van der Waals surface area contributed by atoms with Crippen molar-refractivity contribution >= 4 is 11.9 Å². The predicted octanol–water partition coefficient (Wildman–Crippen LogP) is 15.8. The highest BCUT2D eigenvalue weighted by Gasteiger charge is 2.24. The van der Waals surface area contributed by atoms with Gasteiger partial charge in [-0.2, -0.15) is 0 Å². The highest BCUT2D eigenvalue weighted by molar-refractivity contribution is 5.77. The summed E-state index contributed by atoms with van der Waals surface area (Å²) < 4.78 is 5.92. The molecule has 0 radical (unpaired) electrons. The number of ether oxygens (including phenoxy) is 1. The van der Waals surface area contributed by atoms with Gasteiger partial charge in [-0.25, -0.2) is 0 Å². The highest BCUT2D eigenvalue weighted by atomic mass is 16.5. The Kier molecular flexibility index (Phi) is 47.1. The van der Waals surface area contributed by atoms with Crippen LogP contribution in [0.5, 0.6) is 0 Å². The van der Waals surface area contributed by atoms with Crippen molar-refractivity contribution in [2.45, 2.75) is 283 Å². The number of aliphatic hydroxyl groups excluding tert-OH is 2. The van der Waals surface area contributed by atoms with E-state index in [4.69, 9.17) is 4.74 Å². The molecule has 3 N–H and O–H groups in total. The molecular formula is C55H101NO5. The zero-order valence-corrected chi connectivity index (χ0v) is 40.5. The molecule has 356 valence electrons. The third kappa shape index (κ3) is 44.2. The van der Waals surface area contributed by atoms with Crippen LogP contribution in [0.25, 0.3) is 0 Å². The van der Waals surface area contributed by atoms with Gasteiger partial charge in [-0.1, -0.05) is 217 Å². The standard InChI is InChI=1S/C55H101NO5/c1-4-7-10-13-16-19-22-25-28-31-34-37-40-43-46-51(61-55(60)48-45-42-39-36-33-30-27-24-21-18-15-12-9-6-3)49-54(59)56-52(50-57)53(58)47-44-41-38-35-32-29-26-23-20-17-14-11-8-5-2/h9,12,18,21,27-28,30-31,51-53,57-58H,4-8,10-11,13-17,19-20,22-26,29,32-50H2,1-3H3,(H,56,59)/b12-9+,21-18+,30-27+,31-28+. The van der Waals surface area contributed by atoms with Crippen molar-refractivity contribution in [1.82, 2.24) is 5.32 Å². The van der Waals surface area contributed by atoms with E-state index in [1.54, 1.807) is 0 Å². The molecule has 0 aromatic rings. The normalized spacial score (nSPS) is 13.6. The second-order valence-electron chi connectivity index (χ2n) is 17.9. The molecule has 0 saturated heterocycles. The van der Waals surface area contributed by atoms with E-state index in [1.807, 2.05) is 0 Å². The third-order valence-corrected chi connectivity index (χ3v) is 11.9. The third-order valence-electron chi connectivity index (χ3n) is 11.9. The molecule has 0 aliphatic rings. The monoisotopic (exact) mass is 856 g/mol. The fourth-order valence-electron chi connectivity index (χ4n) is 7.91. The van der Waals surface area contributed by atoms with Crippen LogP contribution in [-0.2, 0) is 14.3 Å². The highest BCUT2D eigenvalue weighted by Crippen LogP contribution is 2.17. The zero-order chi connectivity index (χ0) is 44.5. The van der Waals surface area contributed by atoms with Gasteiger partial charge in [0.05, 0.1) is 25.2 Å². The van der Waals surface area contributed by atoms with Crippen molar-refractivity contribution in [1.29, 1.82) is 0 Å². The van der Waals surface area contributed by atoms with Gasteiger partial charge in [0.25, 0.3) is 0 Å². The van der Waals surface area contributed by atoms with E-state index >= 15 is 0 Å². The van der Waals surface area contributed by atoms with Crippen molar-refractivity contribution in [3.8, 4) is 0 Å². The molecule has 0 rings (SSSR count). The fourth-order valence-corrected chi connectivity index (χ4v) is 7.91. The molecule has 0 aliphatic carbocycles. The summed E-state index contributed by atoms with van der Waals surface area (Å²) in [7, 11) is 0. The number of rotatable bonds is 47. The predicted molar refractivity (Wildman–Crippen MR) is 264 cm³/mol. The van der Waals surface area contributed by atoms with Gasteiger partial charge in [0.2, 0.25) is 5.91 Å². The minimum absolute atomic E-state index is 0.0587. The lowest BCUT2D eigenvalue weighted by Gasteiger charge is -2.24. The van der Waals surface area contributed by atoms with Crippen molar-refractivity contribution in [2.24, 2.45) is 0 Å². The Labute approximate surface area is 378 Å². The van der Waals surface area contributed by atoms with Gasteiger partial charge in [-0.3, -0.25) is 9.59 Å². The molecule has 1 amide bonds. The topological polar surface area (TPSA) is 95.9 Å². The molecule has 3 unspecified atom stereocenters. The van der Waals surface area contributed by atoms with E-state index in [2.05, 4.69) is 74.7 Å². The van der Waals surface area contributed by atoms with Gasteiger partial charge in [0.1, 0.15) is 6.10 Å². The molecule has 3 atom stereocenters. The van der Waals surface area contributed by atoms with Crippen LogP contribution in [0.15, 0.2) is 48.6 Å². The minimum atomic E-state index is -0.795. The van der Waals surface area contributed by atoms with Crippen LogP contribution >= 0.6 is 0 Å². The Bertz CT molecular complexity index is 1050. The van der Waals surface area contributed by atoms with Crippen molar-refractivity contribution in [3.63, 3.8) is 0 Å². The van der Waals surface area contributed by atoms with Crippen molar-refractivity contribution in [2.75, 3.05) is 6.61 Å². The van der Waals surface area contributed by atoms with E-state index in [-0.39, 0.29) is 24.9 Å². The molecular weight excluding hydrogens is 755 g/mol. The molecule has 0 fully saturated rings. The first-order chi connectivity index (χ1) is 30.0. The number of aliphatic hydroxyl groups is 2. The van der Waals surface area contributed by atoms with Crippen molar-refractivity contribution < 1.29 is 24.5 Å². The number of hydrogen-bond donors (Lipinski definition) is 3. The van der Waals surface area contributed by atoms with Crippen LogP contribution in [0.2, 0.25) is 0 Å². The number of carbonyl (C=O) groups excluding carboxylic acids is 2. The Balaban J connectivity index is 4.61. The largest absolute Gasteiger partial charge is 0.462 e. The van der Waals surface area contributed by atoms with Crippen LogP contribution in [0.4, 0.5) is 0 Å². The molecule has 61 heavy (non-hydrogen) atoms. The Morgan fingerprint density at radius 1 is 0.492 bits per heavy atom. The summed E-state index contributed by atoms with van der Waals surface area (Å²) in [5.74, 6) is -0.509. The quantitative estimate of drug-likeness (QED) is 0.0322. The summed E-state index contributed by atoms with van der Waals surface area (Å²) in [6.45, 7) is 6.37. The molecule has 0 heterocycles. The Morgan fingerprint density at radius 3 is 1.38 bits per heavy atom. The molecule has 6 heteroatoms. The summed E-state index contributed by atoms with van der Waals surface area (Å²) in [5, 5.41) is 23.8. The van der Waals surface area contributed by atoms with E-state index in [0.717, 1.165) is 103 Å². The second kappa shape index (κ2) is 48.8. The first kappa shape index (κ1) is 58.8. The van der Waals surface area contributed by atoms with Gasteiger partial charge in [-0.15, -0.1) is 0 Å². The summed E-state index contributed by atoms with van der Waals surface area (Å²) in [6.07, 6.45) is 58.8. The number of nitrogens with one attached hydrogen (secondary N) is 1. The van der Waals surface area contributed by atoms with Crippen LogP contribution in [0, 0.1) is 0 Å². The molecule has 0 aliphatic heterocycles. The first-order valence-electron chi connectivity index (χ1n) is 26.4. The SMILES string of the molecule is CC/C=C/C/C=C/C/C=C/CCCCCCC(=O)OC(CCCCC/C=C/CCCCCCCCC)CC(=O)NC(CO)C(O)CCCCCCCCCCCCCCCC. The lowest BCUT2D eigenvalue weighted by atomic mass is 10.0. The van der Waals surface area contributed by atoms with E-state index in [9.17, 15) is 19.8 Å². The average Bonchev–Trinajstić information content (AvgIpc) is 3.25. The number of carbonyl (C=O) groups is 2. The lowest BCUT2D eigenvalue weighted by Crippen LogP contribution is -2.46. The second-order valence-corrected chi connectivity index (χ2v) is 17.9. The van der Waals surface area contributed by atoms with Crippen LogP contribution in [0.3, 0.4) is 0 Å². The Hall–Kier alpha value is -2.18. The van der Waals surface area contributed by atoms with Crippen LogP contribution in [0.1, 0.15) is 265 Å². The summed E-state index contributed by atoms with van der Waals surface area (Å²) in [4.78, 5) is 26.1. The molecule has 0 aromatic heterocycles. The van der Waals surface area contributed by atoms with E-state index in [1.165, 1.54) is 116 Å². The van der Waals surface area contributed by atoms with Gasteiger partial charge in [-0.05, 0) is 83.5 Å². The van der Waals surface area contributed by atoms with Gasteiger partial charge in [0, 0.05) is 6.42 Å². The molecule has 6 nitrogen and oxygen atoms in total. The number of unbranched alkanes of at least 4 members (excludes halogenated alkanes) is 27. The Morgan fingerprint density at radius 2 is 0.885 bits per heavy atom. The maximum Gasteiger partial charge on any atom is 0.306 e. The van der Waals surface area contributed by atoms with E-state index < -0.39 is 18.2 Å². The zero-order valence-electron chi connectivity index (χ0n) is 40.5. The smallest absolute Gasteiger partial charge is 0.306 e. The molecule has 0 bridgehead atoms. The van der Waals surface area contributed by atoms with Gasteiger partial charge < -0.3 is 20.3 Å². The van der Waals surface area contributed by atoms with Gasteiger partial charge in [0.15, 0.2) is 0 Å². The number of allylic oxidation sites excluding steroid dienone is 8. The first-order valence-corrected chi connectivity index (χ1v) is 26.4. The van der Waals surface area contributed by atoms with E-state index in [0.29, 0.717) is 19.3 Å². The van der Waals surface area contributed by atoms with Crippen molar-refractivity contribution in [3.05, 3.63) is 48.6 Å². The summed E-state index contributed by atoms with van der Waals surface area (Å²) in [5.41, 5.74) is 0. The fraction of sp³-hybridized carbons (Fsp3) is 0.818. The number of amides is 1. The maximum absolute atomic E-state index is 13.2. The minimum Gasteiger partial charge on any atom is -0.462 e. The summed E-state index contributed by atoms with van der Waals surface area (Å²) >= 11 is 0. The molecule has 0 aromatic carbocycles.